The highest BCUT2D eigenvalue weighted by Crippen LogP contribution is 2.39. The van der Waals surface area contributed by atoms with Crippen LogP contribution in [0, 0.1) is 0 Å². The van der Waals surface area contributed by atoms with Crippen LogP contribution in [0.4, 0.5) is 10.7 Å². The van der Waals surface area contributed by atoms with E-state index in [0.717, 1.165) is 40.0 Å². The van der Waals surface area contributed by atoms with Gasteiger partial charge < -0.3 is 19.7 Å². The Hall–Kier alpha value is -2.99. The Bertz CT molecular complexity index is 968. The summed E-state index contributed by atoms with van der Waals surface area (Å²) in [6, 6.07) is 19.9. The minimum Gasteiger partial charge on any atom is -0.494 e. The number of nitrogens with zero attached hydrogens (tertiary/aromatic N) is 1. The summed E-state index contributed by atoms with van der Waals surface area (Å²) in [6.07, 6.45) is 0.785. The van der Waals surface area contributed by atoms with Gasteiger partial charge in [0.1, 0.15) is 18.1 Å². The van der Waals surface area contributed by atoms with Crippen molar-refractivity contribution in [3.63, 3.8) is 0 Å². The molecule has 0 saturated carbocycles. The Morgan fingerprint density at radius 1 is 1.14 bits per heavy atom. The van der Waals surface area contributed by atoms with Gasteiger partial charge in [0, 0.05) is 6.54 Å². The molecular weight excluding hydrogens is 384 g/mol. The maximum Gasteiger partial charge on any atom is 0.261 e. The lowest BCUT2D eigenvalue weighted by molar-refractivity contribution is 0.0958. The first-order chi connectivity index (χ1) is 14.2. The number of thiophene rings is 1. The molecule has 0 radical (unpaired) electrons. The molecule has 29 heavy (non-hydrogen) atoms. The predicted octanol–water partition coefficient (Wildman–Crippen LogP) is 4.65. The molecule has 1 aliphatic rings. The van der Waals surface area contributed by atoms with Gasteiger partial charge in [0.15, 0.2) is 0 Å². The normalized spacial score (nSPS) is 12.8. The van der Waals surface area contributed by atoms with Crippen LogP contribution in [0.2, 0.25) is 0 Å². The van der Waals surface area contributed by atoms with E-state index in [9.17, 15) is 4.79 Å². The van der Waals surface area contributed by atoms with Crippen LogP contribution in [-0.2, 0) is 6.42 Å². The maximum absolute atomic E-state index is 12.6. The largest absolute Gasteiger partial charge is 0.494 e. The summed E-state index contributed by atoms with van der Waals surface area (Å²) < 4.78 is 11.2. The first kappa shape index (κ1) is 19.3. The molecular formula is C23H24N2O3S. The number of anilines is 2. The zero-order valence-electron chi connectivity index (χ0n) is 16.4. The van der Waals surface area contributed by atoms with E-state index in [1.165, 1.54) is 16.9 Å². The second kappa shape index (κ2) is 9.01. The van der Waals surface area contributed by atoms with Crippen LogP contribution in [0.1, 0.15) is 22.2 Å². The molecule has 2 heterocycles. The van der Waals surface area contributed by atoms with E-state index in [-0.39, 0.29) is 5.91 Å². The molecule has 1 aromatic heterocycles. The van der Waals surface area contributed by atoms with E-state index >= 15 is 0 Å². The Balaban J connectivity index is 1.34. The first-order valence-corrected chi connectivity index (χ1v) is 10.7. The summed E-state index contributed by atoms with van der Waals surface area (Å²) in [6.45, 7) is 4.64. The van der Waals surface area contributed by atoms with Crippen molar-refractivity contribution in [3.05, 3.63) is 71.1 Å². The highest BCUT2D eigenvalue weighted by Gasteiger charge is 2.21. The fourth-order valence-electron chi connectivity index (χ4n) is 3.32. The lowest BCUT2D eigenvalue weighted by Crippen LogP contribution is -2.27. The van der Waals surface area contributed by atoms with Crippen molar-refractivity contribution < 1.29 is 14.3 Å². The van der Waals surface area contributed by atoms with Gasteiger partial charge in [0.05, 0.1) is 28.7 Å². The number of hydrogen-bond donors (Lipinski definition) is 1. The number of para-hydroxylation sites is 2. The molecule has 5 nitrogen and oxygen atoms in total. The third-order valence-electron chi connectivity index (χ3n) is 4.74. The number of fused-ring (bicyclic) bond motifs is 1. The smallest absolute Gasteiger partial charge is 0.261 e. The average Bonchev–Trinajstić information content (AvgIpc) is 3.25. The molecule has 0 saturated heterocycles. The number of carbonyl (C=O) groups is 1. The van der Waals surface area contributed by atoms with Gasteiger partial charge in [0.2, 0.25) is 0 Å². The number of rotatable bonds is 7. The fourth-order valence-corrected chi connectivity index (χ4v) is 4.28. The molecule has 3 aromatic rings. The van der Waals surface area contributed by atoms with Crippen molar-refractivity contribution in [3.8, 4) is 11.5 Å². The van der Waals surface area contributed by atoms with Gasteiger partial charge in [-0.15, -0.1) is 11.3 Å². The van der Waals surface area contributed by atoms with Crippen LogP contribution in [0.15, 0.2) is 60.7 Å². The number of nitrogens with one attached hydrogen (secondary N) is 1. The van der Waals surface area contributed by atoms with E-state index in [4.69, 9.17) is 9.47 Å². The van der Waals surface area contributed by atoms with Gasteiger partial charge in [-0.3, -0.25) is 4.79 Å². The summed E-state index contributed by atoms with van der Waals surface area (Å²) >= 11 is 1.51. The van der Waals surface area contributed by atoms with Gasteiger partial charge in [-0.1, -0.05) is 24.3 Å². The zero-order chi connectivity index (χ0) is 20.1. The van der Waals surface area contributed by atoms with Crippen LogP contribution in [-0.4, -0.2) is 32.2 Å². The van der Waals surface area contributed by atoms with Gasteiger partial charge in [-0.2, -0.15) is 0 Å². The lowest BCUT2D eigenvalue weighted by Gasteiger charge is -2.29. The van der Waals surface area contributed by atoms with Gasteiger partial charge >= 0.3 is 0 Å². The molecule has 1 aliphatic heterocycles. The van der Waals surface area contributed by atoms with Crippen molar-refractivity contribution in [1.29, 1.82) is 0 Å². The number of benzene rings is 2. The fraction of sp³-hybridized carbons (Fsp3) is 0.261. The van der Waals surface area contributed by atoms with E-state index in [2.05, 4.69) is 10.2 Å². The quantitative estimate of drug-likeness (QED) is 0.618. The highest BCUT2D eigenvalue weighted by molar-refractivity contribution is 7.18. The maximum atomic E-state index is 12.6. The van der Waals surface area contributed by atoms with Crippen LogP contribution in [0.5, 0.6) is 11.5 Å². The predicted molar refractivity (Wildman–Crippen MR) is 117 cm³/mol. The molecule has 6 heteroatoms. The molecule has 2 aromatic carbocycles. The van der Waals surface area contributed by atoms with E-state index in [1.54, 1.807) is 0 Å². The zero-order valence-corrected chi connectivity index (χ0v) is 17.2. The highest BCUT2D eigenvalue weighted by atomic mass is 32.1. The molecule has 0 atom stereocenters. The molecule has 1 amide bonds. The number of ether oxygens (including phenoxy) is 2. The molecule has 0 fully saturated rings. The molecule has 0 spiro atoms. The van der Waals surface area contributed by atoms with Crippen molar-refractivity contribution in [2.24, 2.45) is 0 Å². The molecule has 0 bridgehead atoms. The van der Waals surface area contributed by atoms with Crippen LogP contribution in [0.25, 0.3) is 0 Å². The Morgan fingerprint density at radius 3 is 2.79 bits per heavy atom. The minimum absolute atomic E-state index is 0.0336. The van der Waals surface area contributed by atoms with E-state index < -0.39 is 0 Å². The Labute approximate surface area is 174 Å². The third-order valence-corrected chi connectivity index (χ3v) is 5.85. The van der Waals surface area contributed by atoms with Crippen molar-refractivity contribution >= 4 is 27.9 Å². The van der Waals surface area contributed by atoms with Crippen LogP contribution >= 0.6 is 11.3 Å². The lowest BCUT2D eigenvalue weighted by atomic mass is 10.1. The summed E-state index contributed by atoms with van der Waals surface area (Å²) in [5.74, 6) is 1.72. The van der Waals surface area contributed by atoms with Crippen LogP contribution < -0.4 is 19.7 Å². The number of carbonyl (C=O) groups excluding carboxylic acids is 1. The molecule has 4 rings (SSSR count). The van der Waals surface area contributed by atoms with E-state index in [0.29, 0.717) is 19.8 Å². The summed E-state index contributed by atoms with van der Waals surface area (Å²) in [4.78, 5) is 15.5. The summed E-state index contributed by atoms with van der Waals surface area (Å²) in [5.41, 5.74) is 2.22. The topological polar surface area (TPSA) is 50.8 Å². The number of amides is 1. The Morgan fingerprint density at radius 2 is 1.97 bits per heavy atom. The second-order valence-electron chi connectivity index (χ2n) is 6.69. The minimum atomic E-state index is -0.0336. The standard InChI is InChI=1S/C23H24N2O3S/c1-2-27-18-9-7-17(8-10-18)13-14-24-23(26)21-11-12-22(29-21)25-15-16-28-20-6-4-3-5-19(20)25/h3-12H,2,13-16H2,1H3,(H,24,26). The summed E-state index contributed by atoms with van der Waals surface area (Å²) in [5, 5.41) is 4.07. The second-order valence-corrected chi connectivity index (χ2v) is 7.75. The van der Waals surface area contributed by atoms with Crippen LogP contribution in [0.3, 0.4) is 0 Å². The average molecular weight is 409 g/mol. The monoisotopic (exact) mass is 408 g/mol. The molecule has 0 aliphatic carbocycles. The third kappa shape index (κ3) is 4.54. The Kier molecular flexibility index (Phi) is 6.00. The molecule has 0 unspecified atom stereocenters. The van der Waals surface area contributed by atoms with Gasteiger partial charge in [0.25, 0.3) is 5.91 Å². The SMILES string of the molecule is CCOc1ccc(CCNC(=O)c2ccc(N3CCOc4ccccc43)s2)cc1. The van der Waals surface area contributed by atoms with Gasteiger partial charge in [-0.25, -0.2) is 0 Å². The molecule has 150 valence electrons. The first-order valence-electron chi connectivity index (χ1n) is 9.84. The van der Waals surface area contributed by atoms with E-state index in [1.807, 2.05) is 67.6 Å². The van der Waals surface area contributed by atoms with Crippen molar-refractivity contribution in [2.75, 3.05) is 31.2 Å². The van der Waals surface area contributed by atoms with Gasteiger partial charge in [-0.05, 0) is 55.3 Å². The number of hydrogen-bond acceptors (Lipinski definition) is 5. The molecule has 1 N–H and O–H groups in total. The summed E-state index contributed by atoms with van der Waals surface area (Å²) in [7, 11) is 0. The van der Waals surface area contributed by atoms with Crippen molar-refractivity contribution in [2.45, 2.75) is 13.3 Å². The van der Waals surface area contributed by atoms with Crippen molar-refractivity contribution in [1.82, 2.24) is 5.32 Å².